The van der Waals surface area contributed by atoms with E-state index in [9.17, 15) is 4.79 Å². The van der Waals surface area contributed by atoms with Gasteiger partial charge in [-0.15, -0.1) is 0 Å². The van der Waals surface area contributed by atoms with E-state index in [4.69, 9.17) is 0 Å². The van der Waals surface area contributed by atoms with Crippen molar-refractivity contribution in [3.8, 4) is 12.0 Å². The van der Waals surface area contributed by atoms with Gasteiger partial charge < -0.3 is 6.16 Å². The third-order valence-electron chi connectivity index (χ3n) is 1.04. The molecule has 2 nitrogen and oxygen atoms in total. The van der Waals surface area contributed by atoms with Crippen molar-refractivity contribution in [2.45, 2.75) is 26.2 Å². The third kappa shape index (κ3) is 10.8. The number of halogens is 1. The number of ether oxygens (including phenoxy) is 1. The molecule has 0 radical (unpaired) electrons. The van der Waals surface area contributed by atoms with Crippen molar-refractivity contribution in [3.05, 3.63) is 0 Å². The average molecular weight is 290 g/mol. The van der Waals surface area contributed by atoms with Gasteiger partial charge in [-0.25, -0.2) is 0 Å². The Hall–Kier alpha value is 0.760. The molecule has 0 amide bonds. The number of rotatable bonds is 3. The Morgan fingerprint density at radius 2 is 2.33 bits per heavy atom. The van der Waals surface area contributed by atoms with Crippen LogP contribution in [-0.2, 0) is 9.53 Å². The number of unbranched alkanes of at least 4 members (excludes halogenated alkanes) is 1. The second kappa shape index (κ2) is 11.8. The van der Waals surface area contributed by atoms with Crippen LogP contribution in [0.2, 0.25) is 0 Å². The number of carbonyl (C=O) groups is 1. The van der Waals surface area contributed by atoms with Crippen molar-refractivity contribution < 1.29 is 40.5 Å². The molecule has 12 heavy (non-hydrogen) atoms. The number of carbonyl (C=O) groups excluding carboxylic acids is 1. The van der Waals surface area contributed by atoms with E-state index in [0.717, 1.165) is 12.8 Å². The molecule has 0 N–H and O–H groups in total. The number of hydrogen-bond acceptors (Lipinski definition) is 2. The fourth-order valence-corrected chi connectivity index (χ4v) is 0.648. The van der Waals surface area contributed by atoms with Crippen LogP contribution in [0.25, 0.3) is 0 Å². The fourth-order valence-electron chi connectivity index (χ4n) is 0.492. The van der Waals surface area contributed by atoms with Gasteiger partial charge >= 0.3 is 35.5 Å². The Morgan fingerprint density at radius 3 is 2.83 bits per heavy atom. The summed E-state index contributed by atoms with van der Waals surface area (Å²) < 4.78 is 5.27. The maximum absolute atomic E-state index is 10.7. The molecule has 0 aliphatic carbocycles. The van der Waals surface area contributed by atoms with Crippen molar-refractivity contribution in [2.24, 2.45) is 0 Å². The van der Waals surface area contributed by atoms with Crippen molar-refractivity contribution in [3.63, 3.8) is 0 Å². The van der Waals surface area contributed by atoms with E-state index in [1.54, 1.807) is 0 Å². The Kier molecular flexibility index (Phi) is 14.9. The summed E-state index contributed by atoms with van der Waals surface area (Å²) in [6.45, 7) is 2.03. The maximum atomic E-state index is 10.7. The number of alkyl halides is 1. The summed E-state index contributed by atoms with van der Waals surface area (Å²) in [5.74, 6) is 2.43. The minimum atomic E-state index is -0.218. The zero-order valence-electron chi connectivity index (χ0n) is 8.52. The van der Waals surface area contributed by atoms with E-state index in [1.165, 1.54) is 0 Å². The average Bonchev–Trinajstić information content (AvgIpc) is 2.01. The van der Waals surface area contributed by atoms with Crippen LogP contribution in [0.3, 0.4) is 0 Å². The second-order valence-corrected chi connectivity index (χ2v) is 2.75. The molecule has 0 aliphatic heterocycles. The molecule has 0 atom stereocenters. The molecule has 0 rings (SSSR count). The van der Waals surface area contributed by atoms with Crippen LogP contribution in [0.4, 0.5) is 0 Å². The molecule has 64 valence electrons. The second-order valence-electron chi connectivity index (χ2n) is 1.99. The first-order valence-corrected chi connectivity index (χ1v) is 5.07. The van der Waals surface area contributed by atoms with Gasteiger partial charge in [0.1, 0.15) is 6.11 Å². The summed E-state index contributed by atoms with van der Waals surface area (Å²) in [5.41, 5.74) is 0. The van der Waals surface area contributed by atoms with Gasteiger partial charge in [-0.1, -0.05) is 35.9 Å². The van der Waals surface area contributed by atoms with Crippen LogP contribution >= 0.6 is 22.6 Å². The van der Waals surface area contributed by atoms with Gasteiger partial charge in [0.05, 0.1) is 4.43 Å². The van der Waals surface area contributed by atoms with Crippen LogP contribution < -0.4 is 29.6 Å². The summed E-state index contributed by atoms with van der Waals surface area (Å²) >= 11 is 2.10. The third-order valence-corrected chi connectivity index (χ3v) is 1.42. The van der Waals surface area contributed by atoms with Gasteiger partial charge in [-0.3, -0.25) is 4.79 Å². The Bertz CT molecular complexity index is 177. The van der Waals surface area contributed by atoms with Gasteiger partial charge in [0.25, 0.3) is 0 Å². The summed E-state index contributed by atoms with van der Waals surface area (Å²) in [6, 6.07) is 0. The smallest absolute Gasteiger partial charge is 1.00 e. The molecule has 0 saturated carbocycles. The van der Waals surface area contributed by atoms with Crippen molar-refractivity contribution in [2.75, 3.05) is 4.43 Å². The Labute approximate surface area is 111 Å². The molecule has 0 aromatic carbocycles. The maximum Gasteiger partial charge on any atom is 1.00 e. The molecule has 4 heteroatoms. The Morgan fingerprint density at radius 1 is 1.67 bits per heavy atom. The predicted molar refractivity (Wildman–Crippen MR) is 53.4 cm³/mol. The van der Waals surface area contributed by atoms with Gasteiger partial charge in [0.15, 0.2) is 0 Å². The molecule has 0 heterocycles. The van der Waals surface area contributed by atoms with Gasteiger partial charge in [0.2, 0.25) is 0 Å². The monoisotopic (exact) mass is 290 g/mol. The normalized spacial score (nSPS) is 7.50. The molecule has 0 unspecified atom stereocenters. The zero-order chi connectivity index (χ0) is 8.53. The van der Waals surface area contributed by atoms with E-state index in [1.807, 2.05) is 6.92 Å². The SMILES string of the molecule is CCCCC(=O)OC#CCI.[H-].[Na+]. The van der Waals surface area contributed by atoms with Crippen molar-refractivity contribution in [1.29, 1.82) is 0 Å². The molecule has 0 spiro atoms. The van der Waals surface area contributed by atoms with E-state index < -0.39 is 0 Å². The molecular formula is C8H12INaO2. The molecular weight excluding hydrogens is 278 g/mol. The number of hydrogen-bond donors (Lipinski definition) is 0. The molecule has 0 bridgehead atoms. The quantitative estimate of drug-likeness (QED) is 0.224. The summed E-state index contributed by atoms with van der Waals surface area (Å²) in [5, 5.41) is 0. The topological polar surface area (TPSA) is 26.3 Å². The summed E-state index contributed by atoms with van der Waals surface area (Å²) in [6.07, 6.45) is 4.70. The Balaban J connectivity index is -0.000000500. The van der Waals surface area contributed by atoms with Gasteiger partial charge in [-0.2, -0.15) is 0 Å². The molecule has 0 aromatic heterocycles. The van der Waals surface area contributed by atoms with Crippen LogP contribution in [0.5, 0.6) is 0 Å². The van der Waals surface area contributed by atoms with Crippen molar-refractivity contribution >= 4 is 28.6 Å². The van der Waals surface area contributed by atoms with Crippen LogP contribution in [0.15, 0.2) is 0 Å². The fraction of sp³-hybridized carbons (Fsp3) is 0.625. The van der Waals surface area contributed by atoms with E-state index in [-0.39, 0.29) is 37.0 Å². The summed E-state index contributed by atoms with van der Waals surface area (Å²) in [4.78, 5) is 10.7. The minimum absolute atomic E-state index is 0. The first-order valence-electron chi connectivity index (χ1n) is 3.54. The largest absolute Gasteiger partial charge is 1.00 e. The van der Waals surface area contributed by atoms with E-state index >= 15 is 0 Å². The summed E-state index contributed by atoms with van der Waals surface area (Å²) in [7, 11) is 0. The van der Waals surface area contributed by atoms with Gasteiger partial charge in [-0.05, 0) is 12.3 Å². The van der Waals surface area contributed by atoms with Crippen LogP contribution in [-0.4, -0.2) is 10.4 Å². The molecule has 0 aromatic rings. The molecule has 0 aliphatic rings. The minimum Gasteiger partial charge on any atom is -1.00 e. The zero-order valence-corrected chi connectivity index (χ0v) is 11.7. The standard InChI is InChI=1S/C8H11IO2.Na.H/c1-2-3-5-8(10)11-7-4-6-9;;/h2-3,5-6H2,1H3;;/q;+1;-1. The molecule has 0 saturated heterocycles. The van der Waals surface area contributed by atoms with Crippen molar-refractivity contribution in [1.82, 2.24) is 0 Å². The molecule has 0 fully saturated rings. The first kappa shape index (κ1) is 15.2. The predicted octanol–water partition coefficient (Wildman–Crippen LogP) is -0.768. The van der Waals surface area contributed by atoms with Crippen LogP contribution in [0.1, 0.15) is 27.6 Å². The first-order chi connectivity index (χ1) is 5.31. The van der Waals surface area contributed by atoms with E-state index in [2.05, 4.69) is 39.4 Å². The number of esters is 1. The van der Waals surface area contributed by atoms with Gasteiger partial charge in [0, 0.05) is 6.42 Å². The van der Waals surface area contributed by atoms with E-state index in [0.29, 0.717) is 10.8 Å². The van der Waals surface area contributed by atoms with Crippen LogP contribution in [0, 0.1) is 12.0 Å².